The second-order valence-corrected chi connectivity index (χ2v) is 16.5. The lowest BCUT2D eigenvalue weighted by Crippen LogP contribution is -2.41. The lowest BCUT2D eigenvalue weighted by atomic mass is 9.49. The third-order valence-electron chi connectivity index (χ3n) is 10.8. The fourth-order valence-corrected chi connectivity index (χ4v) is 6.10. The molecule has 0 spiro atoms. The van der Waals surface area contributed by atoms with Crippen LogP contribution in [0, 0.1) is 0 Å². The quantitative estimate of drug-likeness (QED) is 0.299. The molecule has 0 aromatic heterocycles. The fourth-order valence-electron chi connectivity index (χ4n) is 5.58. The SMILES string of the molecule is Brc1cccc2c1COC2.C.CC1(C)OB(B2OC(C)(C)C(C)(C)O2)OC1(C)C.CC1(C)OB(c2cccc3c2COC3)OC1(C)C. The van der Waals surface area contributed by atoms with Crippen LogP contribution in [0.1, 0.15) is 113 Å². The van der Waals surface area contributed by atoms with E-state index < -0.39 is 14.0 Å². The van der Waals surface area contributed by atoms with Crippen molar-refractivity contribution in [2.75, 3.05) is 0 Å². The Labute approximate surface area is 292 Å². The summed E-state index contributed by atoms with van der Waals surface area (Å²) >= 11 is 3.47. The Balaban J connectivity index is 0.000000164. The van der Waals surface area contributed by atoms with Gasteiger partial charge in [-0.05, 0) is 117 Å². The zero-order valence-electron chi connectivity index (χ0n) is 29.7. The van der Waals surface area contributed by atoms with Gasteiger partial charge in [0.2, 0.25) is 0 Å². The van der Waals surface area contributed by atoms with Gasteiger partial charge in [0.1, 0.15) is 0 Å². The van der Waals surface area contributed by atoms with Gasteiger partial charge in [-0.2, -0.15) is 0 Å². The van der Waals surface area contributed by atoms with Crippen molar-refractivity contribution in [3.05, 3.63) is 63.1 Å². The van der Waals surface area contributed by atoms with Crippen LogP contribution in [0.25, 0.3) is 0 Å². The molecule has 0 atom stereocenters. The van der Waals surface area contributed by atoms with Gasteiger partial charge >= 0.3 is 21.1 Å². The Hall–Kier alpha value is -1.21. The Morgan fingerprint density at radius 1 is 0.489 bits per heavy atom. The highest BCUT2D eigenvalue weighted by Crippen LogP contribution is 2.43. The predicted octanol–water partition coefficient (Wildman–Crippen LogP) is 7.38. The largest absolute Gasteiger partial charge is 0.495 e. The molecule has 47 heavy (non-hydrogen) atoms. The van der Waals surface area contributed by atoms with Crippen LogP contribution in [0.15, 0.2) is 40.9 Å². The Bertz CT molecular complexity index is 1350. The van der Waals surface area contributed by atoms with Gasteiger partial charge < -0.3 is 37.4 Å². The third kappa shape index (κ3) is 7.61. The average molecular weight is 715 g/mol. The monoisotopic (exact) mass is 714 g/mol. The van der Waals surface area contributed by atoms with Crippen molar-refractivity contribution in [1.29, 1.82) is 0 Å². The second-order valence-electron chi connectivity index (χ2n) is 15.7. The van der Waals surface area contributed by atoms with Crippen LogP contribution < -0.4 is 5.46 Å². The van der Waals surface area contributed by atoms with E-state index in [0.29, 0.717) is 13.2 Å². The third-order valence-corrected chi connectivity index (χ3v) is 11.5. The molecule has 5 aliphatic rings. The first-order chi connectivity index (χ1) is 21.2. The van der Waals surface area contributed by atoms with Gasteiger partial charge in [0.15, 0.2) is 0 Å². The molecule has 5 heterocycles. The van der Waals surface area contributed by atoms with E-state index in [1.54, 1.807) is 0 Å². The molecule has 0 radical (unpaired) electrons. The summed E-state index contributed by atoms with van der Waals surface area (Å²) in [7, 11) is -1.24. The van der Waals surface area contributed by atoms with Crippen LogP contribution >= 0.6 is 15.9 Å². The zero-order chi connectivity index (χ0) is 33.9. The highest BCUT2D eigenvalue weighted by atomic mass is 79.9. The molecule has 0 aliphatic carbocycles. The summed E-state index contributed by atoms with van der Waals surface area (Å²) in [6.45, 7) is 27.4. The fraction of sp³-hybridized carbons (Fsp3) is 0.657. The van der Waals surface area contributed by atoms with Crippen LogP contribution in [0.5, 0.6) is 0 Å². The molecular formula is C35H54B3BrO8. The summed E-state index contributed by atoms with van der Waals surface area (Å²) in [5, 5.41) is 0. The van der Waals surface area contributed by atoms with E-state index in [1.807, 2.05) is 73.6 Å². The van der Waals surface area contributed by atoms with E-state index in [9.17, 15) is 0 Å². The van der Waals surface area contributed by atoms with E-state index in [1.165, 1.54) is 26.7 Å². The molecule has 0 unspecified atom stereocenters. The maximum atomic E-state index is 6.10. The number of benzene rings is 2. The van der Waals surface area contributed by atoms with Crippen molar-refractivity contribution in [3.8, 4) is 0 Å². The second kappa shape index (κ2) is 13.5. The summed E-state index contributed by atoms with van der Waals surface area (Å²) < 4.78 is 48.0. The molecule has 3 saturated heterocycles. The first-order valence-electron chi connectivity index (χ1n) is 16.3. The molecule has 8 nitrogen and oxygen atoms in total. The summed E-state index contributed by atoms with van der Waals surface area (Å²) in [5.41, 5.74) is 4.20. The van der Waals surface area contributed by atoms with Crippen LogP contribution in [0.2, 0.25) is 0 Å². The van der Waals surface area contributed by atoms with E-state index in [0.717, 1.165) is 18.7 Å². The van der Waals surface area contributed by atoms with E-state index in [4.69, 9.17) is 37.4 Å². The van der Waals surface area contributed by atoms with Gasteiger partial charge in [-0.1, -0.05) is 53.7 Å². The van der Waals surface area contributed by atoms with Crippen molar-refractivity contribution >= 4 is 42.5 Å². The maximum absolute atomic E-state index is 6.10. The normalized spacial score (nSPS) is 24.8. The van der Waals surface area contributed by atoms with Crippen LogP contribution in [0.3, 0.4) is 0 Å². The molecule has 0 N–H and O–H groups in total. The molecule has 0 amide bonds. The minimum absolute atomic E-state index is 0. The molecule has 3 fully saturated rings. The van der Waals surface area contributed by atoms with Gasteiger partial charge in [0, 0.05) is 4.47 Å². The molecule has 2 aromatic rings. The molecule has 7 rings (SSSR count). The highest BCUT2D eigenvalue weighted by molar-refractivity contribution is 9.10. The van der Waals surface area contributed by atoms with Crippen molar-refractivity contribution < 1.29 is 37.4 Å². The molecule has 5 aliphatic heterocycles. The van der Waals surface area contributed by atoms with E-state index in [-0.39, 0.29) is 48.2 Å². The molecule has 12 heteroatoms. The van der Waals surface area contributed by atoms with E-state index >= 15 is 0 Å². The van der Waals surface area contributed by atoms with Crippen molar-refractivity contribution in [2.24, 2.45) is 0 Å². The Morgan fingerprint density at radius 2 is 0.851 bits per heavy atom. The molecular weight excluding hydrogens is 661 g/mol. The van der Waals surface area contributed by atoms with Gasteiger partial charge in [-0.25, -0.2) is 0 Å². The molecule has 0 saturated carbocycles. The number of fused-ring (bicyclic) bond motifs is 2. The van der Waals surface area contributed by atoms with Crippen LogP contribution in [-0.4, -0.2) is 54.7 Å². The van der Waals surface area contributed by atoms with Gasteiger partial charge in [0.05, 0.1) is 60.0 Å². The Kier molecular flexibility index (Phi) is 11.1. The van der Waals surface area contributed by atoms with Gasteiger partial charge in [-0.15, -0.1) is 0 Å². The number of ether oxygens (including phenoxy) is 2. The molecule has 2 aromatic carbocycles. The first-order valence-corrected chi connectivity index (χ1v) is 17.0. The summed E-state index contributed by atoms with van der Waals surface area (Å²) in [6.07, 6.45) is 0. The standard InChI is InChI=1S/C14H19BO3.C12H24B2O4.C8H7BrO.CH4/c1-13(2)14(3,4)18-15(17-13)12-7-5-6-10-8-16-9-11(10)12;1-9(2)10(3,4)16-13(15-9)14-17-11(5,6)12(7,8)18-14;9-8-3-1-2-6-4-10-5-7(6)8;/h5-7H,8-9H2,1-4H3;1-8H3;1-3H,4-5H2;1H4. The number of hydrogen-bond donors (Lipinski definition) is 0. The zero-order valence-corrected chi connectivity index (χ0v) is 31.3. The highest BCUT2D eigenvalue weighted by Gasteiger charge is 2.63. The minimum atomic E-state index is -0.476. The summed E-state index contributed by atoms with van der Waals surface area (Å²) in [4.78, 5) is 0. The molecule has 258 valence electrons. The van der Waals surface area contributed by atoms with E-state index in [2.05, 4.69) is 61.8 Å². The van der Waals surface area contributed by atoms with Crippen LogP contribution in [0.4, 0.5) is 0 Å². The average Bonchev–Trinajstić information content (AvgIpc) is 3.72. The minimum Gasteiger partial charge on any atom is -0.405 e. The number of halogens is 1. The lowest BCUT2D eigenvalue weighted by Gasteiger charge is -2.32. The lowest BCUT2D eigenvalue weighted by molar-refractivity contribution is 0.00578. The number of rotatable bonds is 2. The van der Waals surface area contributed by atoms with Crippen molar-refractivity contribution in [1.82, 2.24) is 0 Å². The maximum Gasteiger partial charge on any atom is 0.495 e. The van der Waals surface area contributed by atoms with Crippen LogP contribution in [-0.2, 0) is 63.8 Å². The predicted molar refractivity (Wildman–Crippen MR) is 192 cm³/mol. The smallest absolute Gasteiger partial charge is 0.405 e. The summed E-state index contributed by atoms with van der Waals surface area (Å²) in [6, 6.07) is 12.4. The Morgan fingerprint density at radius 3 is 1.28 bits per heavy atom. The number of hydrogen-bond acceptors (Lipinski definition) is 8. The first kappa shape index (κ1) is 38.6. The van der Waals surface area contributed by atoms with Crippen molar-refractivity contribution in [2.45, 2.75) is 151 Å². The van der Waals surface area contributed by atoms with Gasteiger partial charge in [-0.3, -0.25) is 0 Å². The van der Waals surface area contributed by atoms with Crippen molar-refractivity contribution in [3.63, 3.8) is 0 Å². The summed E-state index contributed by atoms with van der Waals surface area (Å²) in [5.74, 6) is 0. The topological polar surface area (TPSA) is 73.8 Å². The van der Waals surface area contributed by atoms with Gasteiger partial charge in [0.25, 0.3) is 0 Å². The molecule has 0 bridgehead atoms.